The van der Waals surface area contributed by atoms with Gasteiger partial charge in [0.1, 0.15) is 0 Å². The van der Waals surface area contributed by atoms with Crippen LogP contribution in [0.25, 0.3) is 0 Å². The summed E-state index contributed by atoms with van der Waals surface area (Å²) in [4.78, 5) is 11.9. The molecule has 118 valence electrons. The Balaban J connectivity index is 1.77. The first kappa shape index (κ1) is 15.9. The molecule has 0 radical (unpaired) electrons. The van der Waals surface area contributed by atoms with Crippen LogP contribution in [-0.2, 0) is 18.3 Å². The van der Waals surface area contributed by atoms with Gasteiger partial charge in [0.05, 0.1) is 5.69 Å². The van der Waals surface area contributed by atoms with E-state index in [1.165, 1.54) is 0 Å². The van der Waals surface area contributed by atoms with Crippen molar-refractivity contribution in [2.75, 3.05) is 6.54 Å². The second-order valence-corrected chi connectivity index (χ2v) is 6.36. The lowest BCUT2D eigenvalue weighted by atomic mass is 9.72. The Morgan fingerprint density at radius 3 is 3.00 bits per heavy atom. The van der Waals surface area contributed by atoms with Gasteiger partial charge in [0.2, 0.25) is 5.91 Å². The topological polar surface area (TPSA) is 112 Å². The molecule has 0 aliphatic heterocycles. The maximum absolute atomic E-state index is 11.9. The zero-order valence-corrected chi connectivity index (χ0v) is 12.9. The van der Waals surface area contributed by atoms with Crippen molar-refractivity contribution < 1.29 is 4.79 Å². The zero-order valence-electron chi connectivity index (χ0n) is 12.9. The highest BCUT2D eigenvalue weighted by Gasteiger charge is 2.37. The van der Waals surface area contributed by atoms with Crippen LogP contribution in [0, 0.1) is 5.92 Å². The molecule has 1 heterocycles. The largest absolute Gasteiger partial charge is 0.356 e. The third kappa shape index (κ3) is 4.25. The molecule has 3 atom stereocenters. The summed E-state index contributed by atoms with van der Waals surface area (Å²) in [6.07, 6.45) is 5.82. The fourth-order valence-electron chi connectivity index (χ4n) is 3.04. The number of hydrogen-bond acceptors (Lipinski definition) is 5. The molecule has 0 bridgehead atoms. The number of carbonyl (C=O) groups excluding carboxylic acids is 1. The van der Waals surface area contributed by atoms with Crippen molar-refractivity contribution in [3.8, 4) is 0 Å². The van der Waals surface area contributed by atoms with Crippen molar-refractivity contribution in [3.05, 3.63) is 11.9 Å². The van der Waals surface area contributed by atoms with Crippen molar-refractivity contribution in [1.82, 2.24) is 20.3 Å². The molecular formula is C14H26N6O. The molecule has 0 spiro atoms. The first-order valence-corrected chi connectivity index (χ1v) is 7.55. The number of nitrogens with zero attached hydrogens (tertiary/aromatic N) is 3. The SMILES string of the molecule is Cn1cc(CCC(=O)NCC2C(N)CCCC2(C)N)nn1. The number of aromatic nitrogens is 3. The lowest BCUT2D eigenvalue weighted by Crippen LogP contribution is -2.58. The normalized spacial score (nSPS) is 29.3. The maximum Gasteiger partial charge on any atom is 0.220 e. The van der Waals surface area contributed by atoms with Crippen LogP contribution in [0.1, 0.15) is 38.3 Å². The molecule has 1 aromatic heterocycles. The number of hydrogen-bond donors (Lipinski definition) is 3. The Morgan fingerprint density at radius 2 is 2.38 bits per heavy atom. The van der Waals surface area contributed by atoms with Crippen LogP contribution in [0.4, 0.5) is 0 Å². The lowest BCUT2D eigenvalue weighted by Gasteiger charge is -2.42. The third-order valence-electron chi connectivity index (χ3n) is 4.39. The molecule has 1 aromatic rings. The number of aryl methyl sites for hydroxylation is 2. The zero-order chi connectivity index (χ0) is 15.5. The maximum atomic E-state index is 11.9. The molecule has 7 nitrogen and oxygen atoms in total. The van der Waals surface area contributed by atoms with E-state index >= 15 is 0 Å². The highest BCUT2D eigenvalue weighted by molar-refractivity contribution is 5.76. The fraction of sp³-hybridized carbons (Fsp3) is 0.786. The molecule has 2 rings (SSSR count). The Kier molecular flexibility index (Phi) is 4.95. The minimum Gasteiger partial charge on any atom is -0.356 e. The number of carbonyl (C=O) groups is 1. The van der Waals surface area contributed by atoms with Gasteiger partial charge in [-0.3, -0.25) is 9.48 Å². The quantitative estimate of drug-likeness (QED) is 0.691. The summed E-state index contributed by atoms with van der Waals surface area (Å²) in [6, 6.07) is 0.0639. The van der Waals surface area contributed by atoms with E-state index < -0.39 is 0 Å². The van der Waals surface area contributed by atoms with Crippen molar-refractivity contribution in [2.45, 2.75) is 50.6 Å². The molecule has 1 amide bonds. The highest BCUT2D eigenvalue weighted by atomic mass is 16.1. The smallest absolute Gasteiger partial charge is 0.220 e. The van der Waals surface area contributed by atoms with Crippen LogP contribution in [0.3, 0.4) is 0 Å². The third-order valence-corrected chi connectivity index (χ3v) is 4.39. The van der Waals surface area contributed by atoms with Crippen molar-refractivity contribution in [2.24, 2.45) is 24.4 Å². The minimum atomic E-state index is -0.296. The van der Waals surface area contributed by atoms with E-state index in [1.807, 2.05) is 20.2 Å². The highest BCUT2D eigenvalue weighted by Crippen LogP contribution is 2.30. The standard InChI is InChI=1S/C14H26N6O/c1-14(16)7-3-4-12(15)11(14)8-17-13(21)6-5-10-9-20(2)19-18-10/h9,11-12H,3-8,15-16H2,1-2H3,(H,17,21). The Hall–Kier alpha value is -1.47. The van der Waals surface area contributed by atoms with E-state index in [0.29, 0.717) is 19.4 Å². The van der Waals surface area contributed by atoms with Gasteiger partial charge in [-0.1, -0.05) is 11.6 Å². The minimum absolute atomic E-state index is 0.00854. The molecule has 7 heteroatoms. The van der Waals surface area contributed by atoms with Crippen LogP contribution < -0.4 is 16.8 Å². The molecule has 0 saturated heterocycles. The van der Waals surface area contributed by atoms with Gasteiger partial charge in [0.25, 0.3) is 0 Å². The van der Waals surface area contributed by atoms with E-state index in [-0.39, 0.29) is 23.4 Å². The summed E-state index contributed by atoms with van der Waals surface area (Å²) < 4.78 is 1.63. The van der Waals surface area contributed by atoms with Crippen LogP contribution in [0.15, 0.2) is 6.20 Å². The van der Waals surface area contributed by atoms with Gasteiger partial charge in [-0.05, 0) is 19.8 Å². The molecule has 1 fully saturated rings. The first-order valence-electron chi connectivity index (χ1n) is 7.55. The van der Waals surface area contributed by atoms with Crippen molar-refractivity contribution in [1.29, 1.82) is 0 Å². The average molecular weight is 294 g/mol. The number of nitrogens with two attached hydrogens (primary N) is 2. The molecule has 5 N–H and O–H groups in total. The Bertz CT molecular complexity index is 484. The predicted octanol–water partition coefficient (Wildman–Crippen LogP) is -0.291. The molecule has 0 aromatic carbocycles. The number of nitrogens with one attached hydrogen (secondary N) is 1. The molecule has 1 aliphatic rings. The van der Waals surface area contributed by atoms with Crippen molar-refractivity contribution in [3.63, 3.8) is 0 Å². The summed E-state index contributed by atoms with van der Waals surface area (Å²) >= 11 is 0. The van der Waals surface area contributed by atoms with Gasteiger partial charge < -0.3 is 16.8 Å². The van der Waals surface area contributed by atoms with E-state index in [0.717, 1.165) is 25.0 Å². The van der Waals surface area contributed by atoms with Crippen LogP contribution in [0.2, 0.25) is 0 Å². The molecule has 21 heavy (non-hydrogen) atoms. The Labute approximate surface area is 125 Å². The fourth-order valence-corrected chi connectivity index (χ4v) is 3.04. The molecule has 3 unspecified atom stereocenters. The summed E-state index contributed by atoms with van der Waals surface area (Å²) in [5, 5.41) is 10.8. The number of rotatable bonds is 5. The van der Waals surface area contributed by atoms with Gasteiger partial charge >= 0.3 is 0 Å². The summed E-state index contributed by atoms with van der Waals surface area (Å²) in [5.41, 5.74) is 13.0. The molecular weight excluding hydrogens is 268 g/mol. The predicted molar refractivity (Wildman–Crippen MR) is 80.2 cm³/mol. The first-order chi connectivity index (χ1) is 9.88. The van der Waals surface area contributed by atoms with E-state index in [9.17, 15) is 4.79 Å². The van der Waals surface area contributed by atoms with Gasteiger partial charge in [-0.25, -0.2) is 0 Å². The van der Waals surface area contributed by atoms with Crippen molar-refractivity contribution >= 4 is 5.91 Å². The summed E-state index contributed by atoms with van der Waals surface area (Å²) in [5.74, 6) is 0.140. The Morgan fingerprint density at radius 1 is 1.62 bits per heavy atom. The van der Waals surface area contributed by atoms with E-state index in [1.54, 1.807) is 4.68 Å². The lowest BCUT2D eigenvalue weighted by molar-refractivity contribution is -0.121. The number of amides is 1. The van der Waals surface area contributed by atoms with Gasteiger partial charge in [-0.15, -0.1) is 5.10 Å². The van der Waals surface area contributed by atoms with Gasteiger partial charge in [0.15, 0.2) is 0 Å². The molecule has 1 saturated carbocycles. The second-order valence-electron chi connectivity index (χ2n) is 6.36. The average Bonchev–Trinajstić information content (AvgIpc) is 2.81. The van der Waals surface area contributed by atoms with Gasteiger partial charge in [-0.2, -0.15) is 0 Å². The monoisotopic (exact) mass is 294 g/mol. The van der Waals surface area contributed by atoms with Crippen LogP contribution >= 0.6 is 0 Å². The van der Waals surface area contributed by atoms with Gasteiger partial charge in [0, 0.05) is 50.1 Å². The summed E-state index contributed by atoms with van der Waals surface area (Å²) in [6.45, 7) is 2.58. The van der Waals surface area contributed by atoms with Crippen LogP contribution in [0.5, 0.6) is 0 Å². The van der Waals surface area contributed by atoms with Crippen LogP contribution in [-0.4, -0.2) is 39.0 Å². The molecule has 1 aliphatic carbocycles. The van der Waals surface area contributed by atoms with E-state index in [4.69, 9.17) is 11.5 Å². The summed E-state index contributed by atoms with van der Waals surface area (Å²) in [7, 11) is 1.81. The van der Waals surface area contributed by atoms with E-state index in [2.05, 4.69) is 15.6 Å². The second kappa shape index (κ2) is 6.53.